The van der Waals surface area contributed by atoms with Crippen molar-refractivity contribution in [3.05, 3.63) is 35.9 Å². The van der Waals surface area contributed by atoms with Crippen LogP contribution < -0.4 is 11.1 Å². The summed E-state index contributed by atoms with van der Waals surface area (Å²) in [6, 6.07) is 8.63. The highest BCUT2D eigenvalue weighted by Gasteiger charge is 2.53. The van der Waals surface area contributed by atoms with E-state index in [9.17, 15) is 14.4 Å². The van der Waals surface area contributed by atoms with Gasteiger partial charge in [-0.15, -0.1) is 0 Å². The number of nitrogens with one attached hydrogen (secondary N) is 1. The number of primary amides is 1. The van der Waals surface area contributed by atoms with Gasteiger partial charge in [-0.05, 0) is 39.2 Å². The highest BCUT2D eigenvalue weighted by atomic mass is 16.6. The molecule has 1 aliphatic carbocycles. The third-order valence-corrected chi connectivity index (χ3v) is 4.41. The van der Waals surface area contributed by atoms with Crippen molar-refractivity contribution in [1.82, 2.24) is 10.2 Å². The summed E-state index contributed by atoms with van der Waals surface area (Å²) in [6.45, 7) is 5.41. The minimum atomic E-state index is -0.872. The van der Waals surface area contributed by atoms with Gasteiger partial charge in [-0.2, -0.15) is 0 Å². The maximum absolute atomic E-state index is 12.6. The Bertz CT molecular complexity index is 661. The molecule has 0 radical (unpaired) electrons. The predicted octanol–water partition coefficient (Wildman–Crippen LogP) is 2.35. The summed E-state index contributed by atoms with van der Waals surface area (Å²) in [5.41, 5.74) is 4.67. The predicted molar refractivity (Wildman–Crippen MR) is 92.6 cm³/mol. The Morgan fingerprint density at radius 1 is 1.20 bits per heavy atom. The van der Waals surface area contributed by atoms with E-state index in [1.807, 2.05) is 30.3 Å². The SMILES string of the molecule is CN(C(=O)OC(C)(C)C)[C@]1(c2ccccc2)C[C@@H](C(=O)NC(N)=O)C1. The third-order valence-electron chi connectivity index (χ3n) is 4.41. The van der Waals surface area contributed by atoms with Crippen LogP contribution in [0.25, 0.3) is 0 Å². The summed E-state index contributed by atoms with van der Waals surface area (Å²) < 4.78 is 5.48. The van der Waals surface area contributed by atoms with Crippen LogP contribution in [0.2, 0.25) is 0 Å². The number of carbonyl (C=O) groups is 3. The van der Waals surface area contributed by atoms with Gasteiger partial charge in [0.25, 0.3) is 0 Å². The van der Waals surface area contributed by atoms with Crippen molar-refractivity contribution in [3.63, 3.8) is 0 Å². The lowest BCUT2D eigenvalue weighted by atomic mass is 9.63. The normalized spacial score (nSPS) is 22.5. The van der Waals surface area contributed by atoms with Gasteiger partial charge in [0.05, 0.1) is 5.54 Å². The molecule has 25 heavy (non-hydrogen) atoms. The van der Waals surface area contributed by atoms with Crippen molar-refractivity contribution >= 4 is 18.0 Å². The summed E-state index contributed by atoms with van der Waals surface area (Å²) in [6.07, 6.45) is 0.336. The number of nitrogens with zero attached hydrogens (tertiary/aromatic N) is 1. The molecule has 2 rings (SSSR count). The van der Waals surface area contributed by atoms with E-state index in [2.05, 4.69) is 5.32 Å². The van der Waals surface area contributed by atoms with E-state index in [-0.39, 0.29) is 0 Å². The van der Waals surface area contributed by atoms with E-state index in [1.54, 1.807) is 32.7 Å². The van der Waals surface area contributed by atoms with Crippen LogP contribution in [0.1, 0.15) is 39.2 Å². The Morgan fingerprint density at radius 2 is 1.76 bits per heavy atom. The van der Waals surface area contributed by atoms with Gasteiger partial charge in [0.2, 0.25) is 5.91 Å². The van der Waals surface area contributed by atoms with E-state index < -0.39 is 35.1 Å². The molecule has 0 saturated heterocycles. The quantitative estimate of drug-likeness (QED) is 0.876. The van der Waals surface area contributed by atoms with Crippen LogP contribution in [0.5, 0.6) is 0 Å². The fraction of sp³-hybridized carbons (Fsp3) is 0.500. The van der Waals surface area contributed by atoms with Gasteiger partial charge in [0, 0.05) is 13.0 Å². The average molecular weight is 347 g/mol. The summed E-state index contributed by atoms with van der Waals surface area (Å²) in [5, 5.41) is 2.11. The van der Waals surface area contributed by atoms with Crippen LogP contribution in [-0.2, 0) is 15.1 Å². The zero-order chi connectivity index (χ0) is 18.8. The van der Waals surface area contributed by atoms with E-state index in [4.69, 9.17) is 10.5 Å². The fourth-order valence-electron chi connectivity index (χ4n) is 3.12. The lowest BCUT2D eigenvalue weighted by molar-refractivity contribution is -0.133. The number of hydrogen-bond acceptors (Lipinski definition) is 4. The first-order chi connectivity index (χ1) is 11.5. The highest BCUT2D eigenvalue weighted by molar-refractivity contribution is 5.95. The molecule has 1 aromatic rings. The highest BCUT2D eigenvalue weighted by Crippen LogP contribution is 2.50. The molecule has 4 amide bonds. The van der Waals surface area contributed by atoms with Crippen molar-refractivity contribution in [1.29, 1.82) is 0 Å². The molecular formula is C18H25N3O4. The van der Waals surface area contributed by atoms with E-state index in [1.165, 1.54) is 0 Å². The first-order valence-electron chi connectivity index (χ1n) is 8.18. The Kier molecular flexibility index (Phi) is 5.06. The fourth-order valence-corrected chi connectivity index (χ4v) is 3.12. The number of urea groups is 1. The molecule has 7 heteroatoms. The molecule has 1 aliphatic rings. The molecule has 0 bridgehead atoms. The van der Waals surface area contributed by atoms with Gasteiger partial charge in [-0.25, -0.2) is 9.59 Å². The molecule has 1 saturated carbocycles. The maximum Gasteiger partial charge on any atom is 0.410 e. The number of benzene rings is 1. The minimum absolute atomic E-state index is 0.391. The van der Waals surface area contributed by atoms with E-state index in [0.717, 1.165) is 5.56 Å². The van der Waals surface area contributed by atoms with Crippen LogP contribution in [-0.4, -0.2) is 35.6 Å². The number of carbonyl (C=O) groups excluding carboxylic acids is 3. The molecule has 7 nitrogen and oxygen atoms in total. The summed E-state index contributed by atoms with van der Waals surface area (Å²) in [4.78, 5) is 37.0. The summed E-state index contributed by atoms with van der Waals surface area (Å²) in [7, 11) is 1.67. The van der Waals surface area contributed by atoms with Gasteiger partial charge in [0.1, 0.15) is 5.60 Å². The number of imide groups is 1. The van der Waals surface area contributed by atoms with Crippen molar-refractivity contribution in [3.8, 4) is 0 Å². The van der Waals surface area contributed by atoms with Gasteiger partial charge in [-0.1, -0.05) is 30.3 Å². The number of rotatable bonds is 3. The number of amides is 4. The van der Waals surface area contributed by atoms with E-state index in [0.29, 0.717) is 12.8 Å². The molecule has 0 aliphatic heterocycles. The summed E-state index contributed by atoms with van der Waals surface area (Å²) >= 11 is 0. The molecule has 0 spiro atoms. The van der Waals surface area contributed by atoms with E-state index >= 15 is 0 Å². The van der Waals surface area contributed by atoms with Gasteiger partial charge in [0.15, 0.2) is 0 Å². The molecule has 136 valence electrons. The molecule has 0 atom stereocenters. The van der Waals surface area contributed by atoms with Gasteiger partial charge >= 0.3 is 12.1 Å². The number of hydrogen-bond donors (Lipinski definition) is 2. The lowest BCUT2D eigenvalue weighted by Crippen LogP contribution is -2.59. The molecule has 0 heterocycles. The van der Waals surface area contributed by atoms with Crippen LogP contribution in [0.4, 0.5) is 9.59 Å². The Morgan fingerprint density at radius 3 is 2.24 bits per heavy atom. The number of ether oxygens (including phenoxy) is 1. The zero-order valence-electron chi connectivity index (χ0n) is 15.0. The van der Waals surface area contributed by atoms with Crippen molar-refractivity contribution in [2.45, 2.75) is 44.8 Å². The number of nitrogens with two attached hydrogens (primary N) is 1. The molecular weight excluding hydrogens is 322 g/mol. The maximum atomic E-state index is 12.6. The van der Waals surface area contributed by atoms with Crippen molar-refractivity contribution in [2.24, 2.45) is 11.7 Å². The van der Waals surface area contributed by atoms with Crippen LogP contribution in [0.3, 0.4) is 0 Å². The second kappa shape index (κ2) is 6.74. The molecule has 0 unspecified atom stereocenters. The monoisotopic (exact) mass is 347 g/mol. The second-order valence-corrected chi connectivity index (χ2v) is 7.40. The smallest absolute Gasteiger partial charge is 0.410 e. The van der Waals surface area contributed by atoms with Crippen molar-refractivity contribution in [2.75, 3.05) is 7.05 Å². The zero-order valence-corrected chi connectivity index (χ0v) is 15.0. The Hall–Kier alpha value is -2.57. The van der Waals surface area contributed by atoms with Crippen LogP contribution >= 0.6 is 0 Å². The molecule has 0 aromatic heterocycles. The Balaban J connectivity index is 2.23. The molecule has 1 fully saturated rings. The third kappa shape index (κ3) is 4.10. The first kappa shape index (κ1) is 18.8. The second-order valence-electron chi connectivity index (χ2n) is 7.40. The summed E-state index contributed by atoms with van der Waals surface area (Å²) in [5.74, 6) is -0.811. The molecule has 1 aromatic carbocycles. The Labute approximate surface area is 147 Å². The minimum Gasteiger partial charge on any atom is -0.444 e. The van der Waals surface area contributed by atoms with Crippen LogP contribution in [0.15, 0.2) is 30.3 Å². The standard InChI is InChI=1S/C18H25N3O4/c1-17(2,3)25-16(24)21(4)18(13-8-6-5-7-9-13)10-12(11-18)14(22)20-15(19)23/h5-9,12H,10-11H2,1-4H3,(H3,19,20,22,23)/t12-,18-. The lowest BCUT2D eigenvalue weighted by Gasteiger charge is -2.52. The average Bonchev–Trinajstić information content (AvgIpc) is 2.44. The van der Waals surface area contributed by atoms with Gasteiger partial charge < -0.3 is 15.4 Å². The van der Waals surface area contributed by atoms with Crippen molar-refractivity contribution < 1.29 is 19.1 Å². The van der Waals surface area contributed by atoms with Gasteiger partial charge in [-0.3, -0.25) is 10.1 Å². The first-order valence-corrected chi connectivity index (χ1v) is 8.18. The van der Waals surface area contributed by atoms with Crippen LogP contribution in [0, 0.1) is 5.92 Å². The largest absolute Gasteiger partial charge is 0.444 e. The topological polar surface area (TPSA) is 102 Å². The molecule has 3 N–H and O–H groups in total.